The fraction of sp³-hybridized carbons (Fsp3) is 0.333. The van der Waals surface area contributed by atoms with Gasteiger partial charge in [-0.2, -0.15) is 0 Å². The van der Waals surface area contributed by atoms with E-state index in [1.54, 1.807) is 6.07 Å². The molecule has 2 N–H and O–H groups in total. The maximum Gasteiger partial charge on any atom is 0.407 e. The quantitative estimate of drug-likeness (QED) is 0.886. The lowest BCUT2D eigenvalue weighted by Gasteiger charge is -2.30. The zero-order valence-electron chi connectivity index (χ0n) is 11.4. The van der Waals surface area contributed by atoms with E-state index in [0.29, 0.717) is 25.9 Å². The highest BCUT2D eigenvalue weighted by atomic mass is 16.5. The summed E-state index contributed by atoms with van der Waals surface area (Å²) in [6, 6.07) is 8.76. The molecule has 0 atom stereocenters. The van der Waals surface area contributed by atoms with E-state index in [0.717, 1.165) is 16.7 Å². The second-order valence-electron chi connectivity index (χ2n) is 5.16. The van der Waals surface area contributed by atoms with Gasteiger partial charge in [0.25, 0.3) is 0 Å². The molecule has 1 aromatic heterocycles. The Kier molecular flexibility index (Phi) is 3.51. The predicted octanol–water partition coefficient (Wildman–Crippen LogP) is 2.05. The summed E-state index contributed by atoms with van der Waals surface area (Å²) < 4.78 is 5.91. The first-order valence-corrected chi connectivity index (χ1v) is 6.89. The van der Waals surface area contributed by atoms with Gasteiger partial charge in [-0.15, -0.1) is 0 Å². The Bertz CT molecular complexity index is 717. The minimum atomic E-state index is -0.872. The summed E-state index contributed by atoms with van der Waals surface area (Å²) in [7, 11) is 0. The molecule has 2 aromatic rings. The number of aromatic nitrogens is 1. The van der Waals surface area contributed by atoms with Crippen molar-refractivity contribution in [3.05, 3.63) is 40.7 Å². The zero-order chi connectivity index (χ0) is 14.8. The van der Waals surface area contributed by atoms with Crippen molar-refractivity contribution < 1.29 is 14.6 Å². The zero-order valence-corrected chi connectivity index (χ0v) is 11.4. The predicted molar refractivity (Wildman–Crippen MR) is 77.8 cm³/mol. The molecule has 1 aliphatic heterocycles. The molecular formula is C15H16N2O4. The van der Waals surface area contributed by atoms with Crippen molar-refractivity contribution >= 4 is 17.0 Å². The molecule has 3 rings (SSSR count). The Hall–Kier alpha value is -2.50. The molecule has 21 heavy (non-hydrogen) atoms. The molecule has 0 saturated carbocycles. The van der Waals surface area contributed by atoms with Gasteiger partial charge >= 0.3 is 6.09 Å². The van der Waals surface area contributed by atoms with E-state index in [-0.39, 0.29) is 11.7 Å². The van der Waals surface area contributed by atoms with Crippen molar-refractivity contribution in [2.24, 2.45) is 0 Å². The number of amides is 1. The van der Waals surface area contributed by atoms with Gasteiger partial charge in [0.15, 0.2) is 0 Å². The van der Waals surface area contributed by atoms with Gasteiger partial charge in [0.2, 0.25) is 5.56 Å². The molecule has 1 aromatic carbocycles. The smallest absolute Gasteiger partial charge is 0.407 e. The summed E-state index contributed by atoms with van der Waals surface area (Å²) in [5, 5.41) is 9.82. The summed E-state index contributed by atoms with van der Waals surface area (Å²) in [4.78, 5) is 26.2. The lowest BCUT2D eigenvalue weighted by molar-refractivity contribution is 0.0895. The Labute approximate surface area is 121 Å². The van der Waals surface area contributed by atoms with Crippen molar-refractivity contribution in [1.29, 1.82) is 0 Å². The number of hydrogen-bond donors (Lipinski definition) is 2. The van der Waals surface area contributed by atoms with Crippen LogP contribution in [-0.4, -0.2) is 40.3 Å². The van der Waals surface area contributed by atoms with Gasteiger partial charge < -0.3 is 19.7 Å². The van der Waals surface area contributed by atoms with Gasteiger partial charge in [-0.3, -0.25) is 4.79 Å². The third-order valence-corrected chi connectivity index (χ3v) is 3.71. The summed E-state index contributed by atoms with van der Waals surface area (Å²) in [6.45, 7) is 1.00. The number of carbonyl (C=O) groups is 1. The van der Waals surface area contributed by atoms with Crippen LogP contribution in [0, 0.1) is 0 Å². The van der Waals surface area contributed by atoms with Crippen LogP contribution in [0.5, 0.6) is 5.75 Å². The standard InChI is InChI=1S/C15H16N2O4/c18-14-4-1-10-9-12(2-3-13(10)16-14)21-11-5-7-17(8-6-11)15(19)20/h1-4,9,11H,5-8H2,(H,16,18)(H,19,20). The van der Waals surface area contributed by atoms with Crippen molar-refractivity contribution in [3.63, 3.8) is 0 Å². The van der Waals surface area contributed by atoms with E-state index < -0.39 is 6.09 Å². The Morgan fingerprint density at radius 3 is 2.71 bits per heavy atom. The molecule has 6 heteroatoms. The van der Waals surface area contributed by atoms with Gasteiger partial charge in [0.1, 0.15) is 11.9 Å². The highest BCUT2D eigenvalue weighted by Gasteiger charge is 2.23. The molecule has 0 unspecified atom stereocenters. The third-order valence-electron chi connectivity index (χ3n) is 3.71. The minimum absolute atomic E-state index is 0.0285. The van der Waals surface area contributed by atoms with Crippen LogP contribution in [0.15, 0.2) is 35.1 Å². The van der Waals surface area contributed by atoms with Gasteiger partial charge in [0, 0.05) is 42.9 Å². The second-order valence-corrected chi connectivity index (χ2v) is 5.16. The normalized spacial score (nSPS) is 16.1. The molecule has 6 nitrogen and oxygen atoms in total. The monoisotopic (exact) mass is 288 g/mol. The first-order valence-electron chi connectivity index (χ1n) is 6.89. The molecule has 2 heterocycles. The van der Waals surface area contributed by atoms with E-state index in [4.69, 9.17) is 9.84 Å². The molecule has 0 radical (unpaired) electrons. The van der Waals surface area contributed by atoms with Crippen LogP contribution < -0.4 is 10.3 Å². The van der Waals surface area contributed by atoms with Crippen LogP contribution in [0.1, 0.15) is 12.8 Å². The van der Waals surface area contributed by atoms with E-state index >= 15 is 0 Å². The first kappa shape index (κ1) is 13.5. The number of nitrogens with one attached hydrogen (secondary N) is 1. The summed E-state index contributed by atoms with van der Waals surface area (Å²) in [5.41, 5.74) is 0.646. The molecule has 110 valence electrons. The number of piperidine rings is 1. The number of rotatable bonds is 2. The lowest BCUT2D eigenvalue weighted by Crippen LogP contribution is -2.41. The fourth-order valence-corrected chi connectivity index (χ4v) is 2.56. The van der Waals surface area contributed by atoms with Gasteiger partial charge in [-0.1, -0.05) is 0 Å². The maximum absolute atomic E-state index is 11.2. The molecular weight excluding hydrogens is 272 g/mol. The van der Waals surface area contributed by atoms with E-state index in [1.165, 1.54) is 11.0 Å². The second kappa shape index (κ2) is 5.47. The highest BCUT2D eigenvalue weighted by molar-refractivity contribution is 5.79. The number of nitrogens with zero attached hydrogens (tertiary/aromatic N) is 1. The Balaban J connectivity index is 1.70. The third kappa shape index (κ3) is 2.99. The van der Waals surface area contributed by atoms with Crippen molar-refractivity contribution in [2.75, 3.05) is 13.1 Å². The molecule has 0 bridgehead atoms. The van der Waals surface area contributed by atoms with Crippen molar-refractivity contribution in [2.45, 2.75) is 18.9 Å². The largest absolute Gasteiger partial charge is 0.490 e. The number of pyridine rings is 1. The van der Waals surface area contributed by atoms with Crippen LogP contribution in [-0.2, 0) is 0 Å². The van der Waals surface area contributed by atoms with Gasteiger partial charge in [0.05, 0.1) is 0 Å². The molecule has 1 fully saturated rings. The number of fused-ring (bicyclic) bond motifs is 1. The summed E-state index contributed by atoms with van der Waals surface area (Å²) >= 11 is 0. The van der Waals surface area contributed by atoms with Crippen LogP contribution in [0.3, 0.4) is 0 Å². The van der Waals surface area contributed by atoms with Gasteiger partial charge in [-0.05, 0) is 24.3 Å². The lowest BCUT2D eigenvalue weighted by atomic mass is 10.1. The number of aromatic amines is 1. The summed E-state index contributed by atoms with van der Waals surface area (Å²) in [6.07, 6.45) is 0.537. The van der Waals surface area contributed by atoms with Crippen LogP contribution in [0.25, 0.3) is 10.9 Å². The SMILES string of the molecule is O=C(O)N1CCC(Oc2ccc3[nH]c(=O)ccc3c2)CC1. The highest BCUT2D eigenvalue weighted by Crippen LogP contribution is 2.22. The molecule has 0 aliphatic carbocycles. The summed E-state index contributed by atoms with van der Waals surface area (Å²) in [5.74, 6) is 0.739. The average Bonchev–Trinajstić information content (AvgIpc) is 2.48. The van der Waals surface area contributed by atoms with Crippen molar-refractivity contribution in [1.82, 2.24) is 9.88 Å². The Morgan fingerprint density at radius 2 is 2.00 bits per heavy atom. The van der Waals surface area contributed by atoms with Crippen LogP contribution >= 0.6 is 0 Å². The molecule has 1 amide bonds. The van der Waals surface area contributed by atoms with Crippen LogP contribution in [0.4, 0.5) is 4.79 Å². The number of likely N-dealkylation sites (tertiary alicyclic amines) is 1. The number of hydrogen-bond acceptors (Lipinski definition) is 3. The van der Waals surface area contributed by atoms with Crippen LogP contribution in [0.2, 0.25) is 0 Å². The average molecular weight is 288 g/mol. The Morgan fingerprint density at radius 1 is 1.24 bits per heavy atom. The molecule has 1 saturated heterocycles. The number of H-pyrrole nitrogens is 1. The first-order chi connectivity index (χ1) is 10.1. The minimum Gasteiger partial charge on any atom is -0.490 e. The maximum atomic E-state index is 11.2. The molecule has 0 spiro atoms. The van der Waals surface area contributed by atoms with E-state index in [9.17, 15) is 9.59 Å². The fourth-order valence-electron chi connectivity index (χ4n) is 2.56. The van der Waals surface area contributed by atoms with Gasteiger partial charge in [-0.25, -0.2) is 4.79 Å². The number of benzene rings is 1. The number of ether oxygens (including phenoxy) is 1. The van der Waals surface area contributed by atoms with Crippen molar-refractivity contribution in [3.8, 4) is 5.75 Å². The number of carboxylic acid groups (broad SMARTS) is 1. The van der Waals surface area contributed by atoms with E-state index in [2.05, 4.69) is 4.98 Å². The molecule has 1 aliphatic rings. The van der Waals surface area contributed by atoms with E-state index in [1.807, 2.05) is 18.2 Å². The topological polar surface area (TPSA) is 82.6 Å².